The number of aliphatic hydroxyl groups is 2. The van der Waals surface area contributed by atoms with E-state index in [2.05, 4.69) is 33.4 Å². The highest BCUT2D eigenvalue weighted by Gasteiger charge is 2.60. The lowest BCUT2D eigenvalue weighted by molar-refractivity contribution is -0.217. The molecule has 2 rings (SSSR count). The monoisotopic (exact) mass is 306 g/mol. The minimum atomic E-state index is -1.02. The van der Waals surface area contributed by atoms with Gasteiger partial charge in [0.25, 0.3) is 0 Å². The van der Waals surface area contributed by atoms with Crippen molar-refractivity contribution in [1.29, 1.82) is 0 Å². The molecule has 22 heavy (non-hydrogen) atoms. The number of rotatable bonds is 3. The highest BCUT2D eigenvalue weighted by molar-refractivity contribution is 5.17. The van der Waals surface area contributed by atoms with Crippen LogP contribution in [0.2, 0.25) is 0 Å². The van der Waals surface area contributed by atoms with E-state index >= 15 is 0 Å². The van der Waals surface area contributed by atoms with Crippen molar-refractivity contribution < 1.29 is 10.2 Å². The van der Waals surface area contributed by atoms with Gasteiger partial charge in [0.2, 0.25) is 0 Å². The first-order valence-electron chi connectivity index (χ1n) is 8.75. The minimum absolute atomic E-state index is 0.0857. The van der Waals surface area contributed by atoms with Gasteiger partial charge < -0.3 is 10.2 Å². The zero-order valence-corrected chi connectivity index (χ0v) is 15.0. The molecule has 2 aliphatic rings. The summed E-state index contributed by atoms with van der Waals surface area (Å²) in [5, 5.41) is 21.7. The molecule has 0 aliphatic heterocycles. The number of hydrogen-bond donors (Lipinski definition) is 2. The predicted octanol–water partition coefficient (Wildman–Crippen LogP) is 4.47. The second-order valence-electron chi connectivity index (χ2n) is 8.82. The van der Waals surface area contributed by atoms with Gasteiger partial charge in [-0.05, 0) is 62.2 Å². The van der Waals surface area contributed by atoms with Gasteiger partial charge in [-0.1, -0.05) is 51.5 Å². The van der Waals surface area contributed by atoms with Crippen molar-refractivity contribution in [2.75, 3.05) is 0 Å². The van der Waals surface area contributed by atoms with Gasteiger partial charge in [-0.15, -0.1) is 0 Å². The molecule has 0 aromatic rings. The summed E-state index contributed by atoms with van der Waals surface area (Å²) in [5.41, 5.74) is 0.449. The molecular weight excluding hydrogens is 272 g/mol. The quantitative estimate of drug-likeness (QED) is 0.755. The van der Waals surface area contributed by atoms with Crippen molar-refractivity contribution in [1.82, 2.24) is 0 Å². The molecule has 0 spiro atoms. The smallest absolute Gasteiger partial charge is 0.0913 e. The normalized spacial score (nSPS) is 45.2. The Labute approximate surface area is 136 Å². The van der Waals surface area contributed by atoms with Gasteiger partial charge in [0.1, 0.15) is 0 Å². The standard InChI is InChI=1S/C20H34O2/c1-7-14(2)9-10-15-19(5)12-8-11-18(3,4)16(19)13-17(21)20(15,6)22/h7,9,15-17,21-22H,1,8,10-13H2,2-6H3/b14-9+/t15-,16+,17+,19-,20+/m1/s1. The second-order valence-corrected chi connectivity index (χ2v) is 8.82. The van der Waals surface area contributed by atoms with E-state index in [4.69, 9.17) is 0 Å². The van der Waals surface area contributed by atoms with Crippen LogP contribution in [0.25, 0.3) is 0 Å². The number of fused-ring (bicyclic) bond motifs is 1. The lowest BCUT2D eigenvalue weighted by Gasteiger charge is -2.62. The van der Waals surface area contributed by atoms with Crippen LogP contribution in [0.4, 0.5) is 0 Å². The summed E-state index contributed by atoms with van der Waals surface area (Å²) < 4.78 is 0. The van der Waals surface area contributed by atoms with Gasteiger partial charge in [0.05, 0.1) is 11.7 Å². The van der Waals surface area contributed by atoms with Crippen molar-refractivity contribution in [2.45, 2.75) is 78.4 Å². The van der Waals surface area contributed by atoms with Crippen LogP contribution in [0.15, 0.2) is 24.3 Å². The van der Waals surface area contributed by atoms with Crippen molar-refractivity contribution in [2.24, 2.45) is 22.7 Å². The van der Waals surface area contributed by atoms with Crippen molar-refractivity contribution in [3.8, 4) is 0 Å². The molecule has 126 valence electrons. The molecular formula is C20H34O2. The van der Waals surface area contributed by atoms with Crippen LogP contribution in [0.1, 0.15) is 66.7 Å². The largest absolute Gasteiger partial charge is 0.390 e. The van der Waals surface area contributed by atoms with Gasteiger partial charge in [0.15, 0.2) is 0 Å². The fraction of sp³-hybridized carbons (Fsp3) is 0.800. The Kier molecular flexibility index (Phi) is 4.68. The molecule has 2 nitrogen and oxygen atoms in total. The van der Waals surface area contributed by atoms with E-state index in [0.29, 0.717) is 5.92 Å². The van der Waals surface area contributed by atoms with Crippen LogP contribution in [0.5, 0.6) is 0 Å². The van der Waals surface area contributed by atoms with E-state index in [9.17, 15) is 10.2 Å². The van der Waals surface area contributed by atoms with Crippen LogP contribution < -0.4 is 0 Å². The van der Waals surface area contributed by atoms with E-state index in [-0.39, 0.29) is 16.7 Å². The summed E-state index contributed by atoms with van der Waals surface area (Å²) in [6.45, 7) is 14.7. The van der Waals surface area contributed by atoms with Crippen LogP contribution in [0, 0.1) is 22.7 Å². The Morgan fingerprint density at radius 3 is 2.45 bits per heavy atom. The van der Waals surface area contributed by atoms with Crippen LogP contribution in [0.3, 0.4) is 0 Å². The maximum absolute atomic E-state index is 11.1. The Bertz CT molecular complexity index is 460. The molecule has 2 heteroatoms. The lowest BCUT2D eigenvalue weighted by Crippen LogP contribution is -2.63. The third kappa shape index (κ3) is 2.80. The van der Waals surface area contributed by atoms with Gasteiger partial charge in [-0.3, -0.25) is 0 Å². The van der Waals surface area contributed by atoms with E-state index in [1.165, 1.54) is 12.8 Å². The second kappa shape index (κ2) is 5.79. The number of allylic oxidation sites excluding steroid dienone is 3. The SMILES string of the molecule is C=C/C(C)=C/C[C@H]1[C@](C)(O)[C@@H](O)C[C@H]2C(C)(C)CCC[C@@]21C. The predicted molar refractivity (Wildman–Crippen MR) is 92.5 cm³/mol. The molecule has 0 heterocycles. The summed E-state index contributed by atoms with van der Waals surface area (Å²) in [7, 11) is 0. The molecule has 0 radical (unpaired) electrons. The molecule has 0 unspecified atom stereocenters. The van der Waals surface area contributed by atoms with Gasteiger partial charge >= 0.3 is 0 Å². The zero-order chi connectivity index (χ0) is 16.8. The van der Waals surface area contributed by atoms with Crippen molar-refractivity contribution >= 4 is 0 Å². The van der Waals surface area contributed by atoms with E-state index in [1.54, 1.807) is 0 Å². The van der Waals surface area contributed by atoms with Gasteiger partial charge in [-0.25, -0.2) is 0 Å². The van der Waals surface area contributed by atoms with E-state index < -0.39 is 11.7 Å². The highest BCUT2D eigenvalue weighted by Crippen LogP contribution is 2.62. The fourth-order valence-electron chi connectivity index (χ4n) is 5.43. The van der Waals surface area contributed by atoms with Crippen molar-refractivity contribution in [3.05, 3.63) is 24.3 Å². The Morgan fingerprint density at radius 2 is 1.86 bits per heavy atom. The molecule has 0 saturated heterocycles. The molecule has 2 aliphatic carbocycles. The lowest BCUT2D eigenvalue weighted by atomic mass is 9.44. The average molecular weight is 306 g/mol. The molecule has 0 amide bonds. The summed E-state index contributed by atoms with van der Waals surface area (Å²) in [6.07, 6.45) is 8.51. The van der Waals surface area contributed by atoms with Crippen molar-refractivity contribution in [3.63, 3.8) is 0 Å². The maximum Gasteiger partial charge on any atom is 0.0913 e. The molecule has 5 atom stereocenters. The van der Waals surface area contributed by atoms with E-state index in [1.807, 2.05) is 19.9 Å². The number of hydrogen-bond acceptors (Lipinski definition) is 2. The van der Waals surface area contributed by atoms with E-state index in [0.717, 1.165) is 24.8 Å². The first-order chi connectivity index (χ1) is 10.1. The van der Waals surface area contributed by atoms with Gasteiger partial charge in [-0.2, -0.15) is 0 Å². The first-order valence-corrected chi connectivity index (χ1v) is 8.75. The minimum Gasteiger partial charge on any atom is -0.390 e. The fourth-order valence-corrected chi connectivity index (χ4v) is 5.43. The summed E-state index contributed by atoms with van der Waals surface area (Å²) in [5.74, 6) is 0.551. The topological polar surface area (TPSA) is 40.5 Å². The van der Waals surface area contributed by atoms with Crippen LogP contribution in [-0.2, 0) is 0 Å². The Hall–Kier alpha value is -0.600. The Balaban J connectivity index is 2.42. The summed E-state index contributed by atoms with van der Waals surface area (Å²) >= 11 is 0. The molecule has 0 bridgehead atoms. The molecule has 0 aromatic heterocycles. The molecule has 2 fully saturated rings. The third-order valence-electron chi connectivity index (χ3n) is 6.91. The Morgan fingerprint density at radius 1 is 1.23 bits per heavy atom. The third-order valence-corrected chi connectivity index (χ3v) is 6.91. The molecule has 0 aromatic carbocycles. The number of aliphatic hydroxyl groups excluding tert-OH is 1. The average Bonchev–Trinajstić information content (AvgIpc) is 2.40. The zero-order valence-electron chi connectivity index (χ0n) is 15.0. The van der Waals surface area contributed by atoms with Crippen LogP contribution in [-0.4, -0.2) is 21.9 Å². The molecule has 2 N–H and O–H groups in total. The van der Waals surface area contributed by atoms with Gasteiger partial charge in [0, 0.05) is 0 Å². The summed E-state index contributed by atoms with van der Waals surface area (Å²) in [6, 6.07) is 0. The highest BCUT2D eigenvalue weighted by atomic mass is 16.3. The first kappa shape index (κ1) is 17.7. The summed E-state index contributed by atoms with van der Waals surface area (Å²) in [4.78, 5) is 0. The molecule has 2 saturated carbocycles. The maximum atomic E-state index is 11.1. The van der Waals surface area contributed by atoms with Crippen LogP contribution >= 0.6 is 0 Å².